The molecule has 1 aromatic heterocycles. The van der Waals surface area contributed by atoms with Gasteiger partial charge in [-0.15, -0.1) is 0 Å². The number of halogens is 1. The van der Waals surface area contributed by atoms with E-state index in [-0.39, 0.29) is 0 Å². The Hall–Kier alpha value is -0.600. The van der Waals surface area contributed by atoms with Gasteiger partial charge in [0, 0.05) is 17.8 Å². The van der Waals surface area contributed by atoms with Gasteiger partial charge in [0.1, 0.15) is 0 Å². The molecule has 0 atom stereocenters. The van der Waals surface area contributed by atoms with Gasteiger partial charge in [-0.3, -0.25) is 9.88 Å². The molecule has 0 saturated heterocycles. The lowest BCUT2D eigenvalue weighted by molar-refractivity contribution is 0.277. The zero-order valence-corrected chi connectivity index (χ0v) is 9.59. The number of nitrogens with zero attached hydrogens (tertiary/aromatic N) is 2. The molecular formula is C11H17ClN2. The Morgan fingerprint density at radius 1 is 1.43 bits per heavy atom. The van der Waals surface area contributed by atoms with Gasteiger partial charge < -0.3 is 0 Å². The first-order valence-corrected chi connectivity index (χ1v) is 5.46. The summed E-state index contributed by atoms with van der Waals surface area (Å²) in [6, 6.07) is 3.74. The summed E-state index contributed by atoms with van der Waals surface area (Å²) in [5, 5.41) is 0.766. The molecule has 14 heavy (non-hydrogen) atoms. The van der Waals surface area contributed by atoms with Crippen molar-refractivity contribution in [2.24, 2.45) is 0 Å². The van der Waals surface area contributed by atoms with Crippen LogP contribution in [0.5, 0.6) is 0 Å². The molecule has 2 nitrogen and oxygen atoms in total. The first-order chi connectivity index (χ1) is 6.76. The first-order valence-electron chi connectivity index (χ1n) is 5.09. The molecule has 0 aromatic carbocycles. The summed E-state index contributed by atoms with van der Waals surface area (Å²) in [7, 11) is 0. The van der Waals surface area contributed by atoms with E-state index in [0.29, 0.717) is 0 Å². The highest BCUT2D eigenvalue weighted by atomic mass is 35.5. The molecule has 1 heterocycles. The largest absolute Gasteiger partial charge is 0.298 e. The molecule has 0 N–H and O–H groups in total. The minimum Gasteiger partial charge on any atom is -0.298 e. The molecule has 0 saturated carbocycles. The fourth-order valence-electron chi connectivity index (χ4n) is 1.43. The van der Waals surface area contributed by atoms with Gasteiger partial charge in [-0.2, -0.15) is 0 Å². The van der Waals surface area contributed by atoms with Gasteiger partial charge in [0.05, 0.1) is 5.69 Å². The van der Waals surface area contributed by atoms with Crippen molar-refractivity contribution in [2.45, 2.75) is 26.8 Å². The van der Waals surface area contributed by atoms with Crippen LogP contribution in [0.4, 0.5) is 0 Å². The smallest absolute Gasteiger partial charge is 0.0558 e. The fraction of sp³-hybridized carbons (Fsp3) is 0.545. The molecule has 1 aromatic rings. The van der Waals surface area contributed by atoms with Crippen LogP contribution in [0.3, 0.4) is 0 Å². The predicted molar refractivity (Wildman–Crippen MR) is 60.5 cm³/mol. The summed E-state index contributed by atoms with van der Waals surface area (Å²) in [6.07, 6.45) is 2.94. The van der Waals surface area contributed by atoms with E-state index in [1.807, 2.05) is 6.07 Å². The van der Waals surface area contributed by atoms with Gasteiger partial charge in [0.2, 0.25) is 0 Å². The van der Waals surface area contributed by atoms with Crippen molar-refractivity contribution in [2.75, 3.05) is 13.1 Å². The Bertz CT molecular complexity index is 276. The van der Waals surface area contributed by atoms with Gasteiger partial charge in [-0.05, 0) is 31.6 Å². The highest BCUT2D eigenvalue weighted by molar-refractivity contribution is 6.30. The molecule has 0 bridgehead atoms. The van der Waals surface area contributed by atoms with Crippen LogP contribution in [0.2, 0.25) is 5.02 Å². The molecule has 0 fully saturated rings. The third kappa shape index (κ3) is 3.64. The topological polar surface area (TPSA) is 16.1 Å². The fourth-order valence-corrected chi connectivity index (χ4v) is 1.61. The van der Waals surface area contributed by atoms with E-state index in [9.17, 15) is 0 Å². The van der Waals surface area contributed by atoms with E-state index < -0.39 is 0 Å². The van der Waals surface area contributed by atoms with Crippen LogP contribution in [-0.2, 0) is 6.54 Å². The van der Waals surface area contributed by atoms with Crippen molar-refractivity contribution in [1.82, 2.24) is 9.88 Å². The van der Waals surface area contributed by atoms with Crippen LogP contribution in [0.1, 0.15) is 26.0 Å². The molecule has 0 amide bonds. The van der Waals surface area contributed by atoms with Crippen LogP contribution < -0.4 is 0 Å². The third-order valence-corrected chi connectivity index (χ3v) is 2.39. The second-order valence-corrected chi connectivity index (χ2v) is 3.77. The molecule has 3 heteroatoms. The zero-order chi connectivity index (χ0) is 10.4. The van der Waals surface area contributed by atoms with E-state index >= 15 is 0 Å². The zero-order valence-electron chi connectivity index (χ0n) is 8.83. The second kappa shape index (κ2) is 5.99. The van der Waals surface area contributed by atoms with Crippen molar-refractivity contribution in [3.63, 3.8) is 0 Å². The molecule has 1 rings (SSSR count). The number of hydrogen-bond donors (Lipinski definition) is 0. The molecule has 0 unspecified atom stereocenters. The van der Waals surface area contributed by atoms with Crippen molar-refractivity contribution in [1.29, 1.82) is 0 Å². The van der Waals surface area contributed by atoms with E-state index in [1.165, 1.54) is 6.42 Å². The Morgan fingerprint density at radius 2 is 2.21 bits per heavy atom. The lowest BCUT2D eigenvalue weighted by Gasteiger charge is -2.18. The van der Waals surface area contributed by atoms with Crippen LogP contribution in [0, 0.1) is 0 Å². The van der Waals surface area contributed by atoms with Gasteiger partial charge in [0.25, 0.3) is 0 Å². The van der Waals surface area contributed by atoms with Crippen LogP contribution in [0.25, 0.3) is 0 Å². The highest BCUT2D eigenvalue weighted by Gasteiger charge is 2.03. The van der Waals surface area contributed by atoms with Crippen molar-refractivity contribution in [3.05, 3.63) is 29.0 Å². The number of hydrogen-bond acceptors (Lipinski definition) is 2. The second-order valence-electron chi connectivity index (χ2n) is 3.33. The summed E-state index contributed by atoms with van der Waals surface area (Å²) in [5.74, 6) is 0. The lowest BCUT2D eigenvalue weighted by atomic mass is 10.3. The molecule has 0 spiro atoms. The maximum atomic E-state index is 5.89. The van der Waals surface area contributed by atoms with Crippen LogP contribution in [0.15, 0.2) is 18.3 Å². The Balaban J connectivity index is 2.57. The predicted octanol–water partition coefficient (Wildman–Crippen LogP) is 2.97. The van der Waals surface area contributed by atoms with Gasteiger partial charge in [-0.1, -0.05) is 25.4 Å². The van der Waals surface area contributed by atoms with E-state index in [4.69, 9.17) is 11.6 Å². The summed E-state index contributed by atoms with van der Waals surface area (Å²) in [4.78, 5) is 6.64. The number of rotatable bonds is 5. The first kappa shape index (κ1) is 11.5. The maximum absolute atomic E-state index is 5.89. The van der Waals surface area contributed by atoms with Gasteiger partial charge in [-0.25, -0.2) is 0 Å². The van der Waals surface area contributed by atoms with Crippen molar-refractivity contribution < 1.29 is 0 Å². The summed E-state index contributed by atoms with van der Waals surface area (Å²) in [6.45, 7) is 7.42. The Morgan fingerprint density at radius 3 is 2.79 bits per heavy atom. The normalized spacial score (nSPS) is 10.9. The molecule has 0 aliphatic rings. The minimum absolute atomic E-state index is 0.766. The molecular weight excluding hydrogens is 196 g/mol. The van der Waals surface area contributed by atoms with Crippen LogP contribution in [-0.4, -0.2) is 23.0 Å². The quantitative estimate of drug-likeness (QED) is 0.746. The summed E-state index contributed by atoms with van der Waals surface area (Å²) in [5.41, 5.74) is 1.05. The van der Waals surface area contributed by atoms with Gasteiger partial charge in [0.15, 0.2) is 0 Å². The Labute approximate surface area is 90.9 Å². The average Bonchev–Trinajstić information content (AvgIpc) is 2.17. The Kier molecular flexibility index (Phi) is 4.91. The molecule has 0 aliphatic heterocycles. The average molecular weight is 213 g/mol. The monoisotopic (exact) mass is 212 g/mol. The lowest BCUT2D eigenvalue weighted by Crippen LogP contribution is -2.24. The van der Waals surface area contributed by atoms with Crippen molar-refractivity contribution in [3.8, 4) is 0 Å². The van der Waals surface area contributed by atoms with E-state index in [1.54, 1.807) is 12.3 Å². The summed E-state index contributed by atoms with van der Waals surface area (Å²) < 4.78 is 0. The number of pyridine rings is 1. The maximum Gasteiger partial charge on any atom is 0.0558 e. The SMILES string of the molecule is CCCN(CC)Cc1cc(Cl)ccn1. The number of aromatic nitrogens is 1. The summed E-state index contributed by atoms with van der Waals surface area (Å²) >= 11 is 5.89. The van der Waals surface area contributed by atoms with Gasteiger partial charge >= 0.3 is 0 Å². The van der Waals surface area contributed by atoms with E-state index in [0.717, 1.165) is 30.4 Å². The standard InChI is InChI=1S/C11H17ClN2/c1-3-7-14(4-2)9-11-8-10(12)5-6-13-11/h5-6,8H,3-4,7,9H2,1-2H3. The molecule has 78 valence electrons. The molecule has 0 aliphatic carbocycles. The third-order valence-electron chi connectivity index (χ3n) is 2.15. The minimum atomic E-state index is 0.766. The highest BCUT2D eigenvalue weighted by Crippen LogP contribution is 2.10. The van der Waals surface area contributed by atoms with Crippen molar-refractivity contribution >= 4 is 11.6 Å². The molecule has 0 radical (unpaired) electrons. The van der Waals surface area contributed by atoms with Crippen LogP contribution >= 0.6 is 11.6 Å². The van der Waals surface area contributed by atoms with E-state index in [2.05, 4.69) is 23.7 Å².